The number of rotatable bonds is 3. The van der Waals surface area contributed by atoms with Crippen molar-refractivity contribution in [2.24, 2.45) is 10.8 Å². The summed E-state index contributed by atoms with van der Waals surface area (Å²) in [6, 6.07) is 11.6. The molecule has 1 saturated heterocycles. The summed E-state index contributed by atoms with van der Waals surface area (Å²) in [4.78, 5) is 2.69. The molecule has 0 spiro atoms. The molecule has 0 aromatic heterocycles. The van der Waals surface area contributed by atoms with Crippen molar-refractivity contribution in [3.8, 4) is 6.07 Å². The largest absolute Gasteiger partial charge is 0.296 e. The van der Waals surface area contributed by atoms with E-state index in [4.69, 9.17) is 5.26 Å². The van der Waals surface area contributed by atoms with Crippen LogP contribution in [-0.4, -0.2) is 17.5 Å². The third-order valence-electron chi connectivity index (χ3n) is 5.21. The second-order valence-electron chi connectivity index (χ2n) is 8.27. The van der Waals surface area contributed by atoms with Crippen LogP contribution in [-0.2, 0) is 13.0 Å². The highest BCUT2D eigenvalue weighted by Crippen LogP contribution is 2.52. The van der Waals surface area contributed by atoms with Crippen molar-refractivity contribution in [1.82, 2.24) is 4.90 Å². The first-order valence-corrected chi connectivity index (χ1v) is 8.08. The Balaban J connectivity index is 1.70. The summed E-state index contributed by atoms with van der Waals surface area (Å²) in [6.07, 6.45) is 4.56. The van der Waals surface area contributed by atoms with Crippen molar-refractivity contribution >= 4 is 0 Å². The summed E-state index contributed by atoms with van der Waals surface area (Å²) in [5.74, 6) is 0. The fraction of sp³-hybridized carbons (Fsp3) is 0.632. The van der Waals surface area contributed by atoms with Crippen molar-refractivity contribution in [1.29, 1.82) is 5.26 Å². The van der Waals surface area contributed by atoms with Gasteiger partial charge in [0.2, 0.25) is 0 Å². The maximum Gasteiger partial charge on any atom is 0.0669 e. The molecule has 2 bridgehead atoms. The van der Waals surface area contributed by atoms with Crippen LogP contribution < -0.4 is 0 Å². The van der Waals surface area contributed by atoms with E-state index in [1.54, 1.807) is 0 Å². The third kappa shape index (κ3) is 3.14. The SMILES string of the molecule is CC1(C)CC2CC(C)(CN2Cc2ccc(CC#N)cc2)C1. The zero-order chi connectivity index (χ0) is 15.1. The summed E-state index contributed by atoms with van der Waals surface area (Å²) in [5, 5.41) is 8.74. The molecule has 3 rings (SSSR count). The Bertz CT molecular complexity index is 552. The highest BCUT2D eigenvalue weighted by molar-refractivity contribution is 5.24. The molecule has 1 aromatic carbocycles. The highest BCUT2D eigenvalue weighted by atomic mass is 15.2. The summed E-state index contributed by atoms with van der Waals surface area (Å²) in [7, 11) is 0. The van der Waals surface area contributed by atoms with E-state index in [1.165, 1.54) is 31.4 Å². The molecule has 0 amide bonds. The van der Waals surface area contributed by atoms with Crippen LogP contribution in [0.1, 0.15) is 51.2 Å². The van der Waals surface area contributed by atoms with Gasteiger partial charge in [0.25, 0.3) is 0 Å². The number of fused-ring (bicyclic) bond motifs is 2. The van der Waals surface area contributed by atoms with Gasteiger partial charge in [0, 0.05) is 19.1 Å². The molecule has 1 aromatic rings. The lowest BCUT2D eigenvalue weighted by Crippen LogP contribution is -2.34. The Morgan fingerprint density at radius 3 is 2.48 bits per heavy atom. The molecular weight excluding hydrogens is 256 g/mol. The monoisotopic (exact) mass is 282 g/mol. The number of hydrogen-bond acceptors (Lipinski definition) is 2. The van der Waals surface area contributed by atoms with Gasteiger partial charge < -0.3 is 0 Å². The van der Waals surface area contributed by atoms with E-state index < -0.39 is 0 Å². The van der Waals surface area contributed by atoms with Gasteiger partial charge in [0.05, 0.1) is 12.5 Å². The lowest BCUT2D eigenvalue weighted by molar-refractivity contribution is 0.126. The molecule has 2 aliphatic rings. The average molecular weight is 282 g/mol. The predicted molar refractivity (Wildman–Crippen MR) is 85.7 cm³/mol. The van der Waals surface area contributed by atoms with E-state index in [1.807, 2.05) is 0 Å². The number of hydrogen-bond donors (Lipinski definition) is 0. The molecule has 2 fully saturated rings. The number of benzene rings is 1. The molecule has 21 heavy (non-hydrogen) atoms. The van der Waals surface area contributed by atoms with Gasteiger partial charge in [-0.1, -0.05) is 45.0 Å². The van der Waals surface area contributed by atoms with Crippen LogP contribution in [0.4, 0.5) is 0 Å². The lowest BCUT2D eigenvalue weighted by Gasteiger charge is -2.40. The van der Waals surface area contributed by atoms with Gasteiger partial charge in [-0.3, -0.25) is 4.90 Å². The predicted octanol–water partition coefficient (Wildman–Crippen LogP) is 4.15. The topological polar surface area (TPSA) is 27.0 Å². The van der Waals surface area contributed by atoms with Gasteiger partial charge in [-0.15, -0.1) is 0 Å². The Kier molecular flexibility index (Phi) is 3.58. The lowest BCUT2D eigenvalue weighted by atomic mass is 9.65. The minimum Gasteiger partial charge on any atom is -0.296 e. The van der Waals surface area contributed by atoms with Crippen LogP contribution >= 0.6 is 0 Å². The number of nitrogens with zero attached hydrogens (tertiary/aromatic N) is 2. The molecule has 112 valence electrons. The summed E-state index contributed by atoms with van der Waals surface area (Å²) in [6.45, 7) is 9.62. The van der Waals surface area contributed by atoms with Crippen LogP contribution in [0.3, 0.4) is 0 Å². The summed E-state index contributed by atoms with van der Waals surface area (Å²) < 4.78 is 0. The molecule has 2 atom stereocenters. The van der Waals surface area contributed by atoms with Gasteiger partial charge in [-0.2, -0.15) is 5.26 Å². The molecule has 0 radical (unpaired) electrons. The molecule has 1 saturated carbocycles. The van der Waals surface area contributed by atoms with Gasteiger partial charge in [-0.05, 0) is 41.2 Å². The molecule has 1 heterocycles. The first-order chi connectivity index (χ1) is 9.89. The van der Waals surface area contributed by atoms with Crippen LogP contribution in [0, 0.1) is 22.2 Å². The summed E-state index contributed by atoms with van der Waals surface area (Å²) >= 11 is 0. The Hall–Kier alpha value is -1.33. The standard InChI is InChI=1S/C19H26N2/c1-18(2)10-17-11-19(3,13-18)14-21(17)12-16-6-4-15(5-7-16)8-9-20/h4-7,17H,8,10-14H2,1-3H3. The second kappa shape index (κ2) is 5.14. The molecule has 2 unspecified atom stereocenters. The van der Waals surface area contributed by atoms with Gasteiger partial charge in [-0.25, -0.2) is 0 Å². The number of likely N-dealkylation sites (tertiary alicyclic amines) is 1. The average Bonchev–Trinajstić information content (AvgIpc) is 2.61. The zero-order valence-electron chi connectivity index (χ0n) is 13.5. The van der Waals surface area contributed by atoms with Crippen molar-refractivity contribution in [2.45, 2.75) is 59.0 Å². The van der Waals surface area contributed by atoms with Gasteiger partial charge in [0.1, 0.15) is 0 Å². The first kappa shape index (κ1) is 14.6. The first-order valence-electron chi connectivity index (χ1n) is 8.08. The quantitative estimate of drug-likeness (QED) is 0.832. The van der Waals surface area contributed by atoms with E-state index in [2.05, 4.69) is 56.0 Å². The fourth-order valence-corrected chi connectivity index (χ4v) is 4.85. The van der Waals surface area contributed by atoms with Crippen molar-refractivity contribution < 1.29 is 0 Å². The minimum absolute atomic E-state index is 0.489. The Morgan fingerprint density at radius 2 is 1.81 bits per heavy atom. The van der Waals surface area contributed by atoms with Crippen molar-refractivity contribution in [3.05, 3.63) is 35.4 Å². The van der Waals surface area contributed by atoms with E-state index >= 15 is 0 Å². The molecule has 2 nitrogen and oxygen atoms in total. The van der Waals surface area contributed by atoms with E-state index in [0.717, 1.165) is 18.2 Å². The van der Waals surface area contributed by atoms with Crippen molar-refractivity contribution in [3.63, 3.8) is 0 Å². The molecule has 1 aliphatic carbocycles. The van der Waals surface area contributed by atoms with Crippen LogP contribution in [0.15, 0.2) is 24.3 Å². The Labute approximate surface area is 128 Å². The normalized spacial score (nSPS) is 31.0. The molecule has 2 heteroatoms. The van der Waals surface area contributed by atoms with Gasteiger partial charge >= 0.3 is 0 Å². The Morgan fingerprint density at radius 1 is 1.14 bits per heavy atom. The second-order valence-corrected chi connectivity index (χ2v) is 8.27. The van der Waals surface area contributed by atoms with E-state index in [-0.39, 0.29) is 0 Å². The van der Waals surface area contributed by atoms with E-state index in [9.17, 15) is 0 Å². The molecule has 0 N–H and O–H groups in total. The molecule has 1 aliphatic heterocycles. The maximum absolute atomic E-state index is 8.74. The third-order valence-corrected chi connectivity index (χ3v) is 5.21. The smallest absolute Gasteiger partial charge is 0.0669 e. The molecular formula is C19H26N2. The maximum atomic E-state index is 8.74. The van der Waals surface area contributed by atoms with Crippen LogP contribution in [0.2, 0.25) is 0 Å². The number of nitriles is 1. The fourth-order valence-electron chi connectivity index (χ4n) is 4.85. The van der Waals surface area contributed by atoms with Gasteiger partial charge in [0.15, 0.2) is 0 Å². The van der Waals surface area contributed by atoms with Crippen LogP contribution in [0.25, 0.3) is 0 Å². The zero-order valence-corrected chi connectivity index (χ0v) is 13.5. The van der Waals surface area contributed by atoms with E-state index in [0.29, 0.717) is 17.3 Å². The summed E-state index contributed by atoms with van der Waals surface area (Å²) in [5.41, 5.74) is 3.50. The highest BCUT2D eigenvalue weighted by Gasteiger charge is 2.49. The van der Waals surface area contributed by atoms with Crippen LogP contribution in [0.5, 0.6) is 0 Å². The minimum atomic E-state index is 0.489. The van der Waals surface area contributed by atoms with Crippen molar-refractivity contribution in [2.75, 3.05) is 6.54 Å².